The van der Waals surface area contributed by atoms with Crippen LogP contribution in [0.1, 0.15) is 21.7 Å². The van der Waals surface area contributed by atoms with Crippen molar-refractivity contribution in [1.29, 1.82) is 0 Å². The Morgan fingerprint density at radius 2 is 1.94 bits per heavy atom. The van der Waals surface area contributed by atoms with Crippen LogP contribution in [0.15, 0.2) is 83.5 Å². The summed E-state index contributed by atoms with van der Waals surface area (Å²) in [5, 5.41) is 11.0. The Hall–Kier alpha value is -4.04. The van der Waals surface area contributed by atoms with E-state index < -0.39 is 0 Å². The van der Waals surface area contributed by atoms with Crippen LogP contribution < -0.4 is 5.43 Å². The summed E-state index contributed by atoms with van der Waals surface area (Å²) in [5.74, 6) is -0.319. The maximum absolute atomic E-state index is 12.8. The van der Waals surface area contributed by atoms with Gasteiger partial charge in [-0.25, -0.2) is 15.1 Å². The van der Waals surface area contributed by atoms with Gasteiger partial charge in [-0.05, 0) is 42.6 Å². The van der Waals surface area contributed by atoms with Gasteiger partial charge in [0.15, 0.2) is 0 Å². The van der Waals surface area contributed by atoms with Crippen LogP contribution in [0, 0.1) is 6.92 Å². The Labute approximate surface area is 182 Å². The molecule has 5 rings (SSSR count). The molecule has 0 atom stereocenters. The predicted molar refractivity (Wildman–Crippen MR) is 122 cm³/mol. The minimum atomic E-state index is -0.319. The van der Waals surface area contributed by atoms with Crippen LogP contribution in [-0.2, 0) is 0 Å². The molecule has 0 unspecified atom stereocenters. The van der Waals surface area contributed by atoms with Crippen LogP contribution in [0.25, 0.3) is 21.9 Å². The number of nitrogens with one attached hydrogen (secondary N) is 1. The molecule has 0 aliphatic carbocycles. The van der Waals surface area contributed by atoms with Crippen molar-refractivity contribution in [1.82, 2.24) is 24.6 Å². The van der Waals surface area contributed by atoms with Crippen molar-refractivity contribution < 1.29 is 4.79 Å². The predicted octanol–water partition coefficient (Wildman–Crippen LogP) is 4.32. The molecule has 0 fully saturated rings. The monoisotopic (exact) mass is 426 g/mol. The molecular formula is C23H18N6OS. The van der Waals surface area contributed by atoms with E-state index >= 15 is 0 Å². The van der Waals surface area contributed by atoms with Crippen LogP contribution >= 0.6 is 11.3 Å². The lowest BCUT2D eigenvalue weighted by atomic mass is 10.2. The van der Waals surface area contributed by atoms with E-state index in [0.29, 0.717) is 11.4 Å². The summed E-state index contributed by atoms with van der Waals surface area (Å²) in [6.07, 6.45) is 5.34. The summed E-state index contributed by atoms with van der Waals surface area (Å²) in [4.78, 5) is 18.2. The number of aromatic nitrogens is 4. The number of para-hydroxylation sites is 1. The molecule has 1 amide bonds. The Balaban J connectivity index is 1.44. The Bertz CT molecular complexity index is 1380. The van der Waals surface area contributed by atoms with E-state index in [1.807, 2.05) is 90.0 Å². The van der Waals surface area contributed by atoms with Gasteiger partial charge in [-0.2, -0.15) is 10.2 Å². The molecule has 0 aliphatic rings. The third-order valence-electron chi connectivity index (χ3n) is 4.81. The average Bonchev–Trinajstić information content (AvgIpc) is 3.52. The number of benzene rings is 1. The number of fused-ring (bicyclic) bond motifs is 1. The van der Waals surface area contributed by atoms with E-state index in [9.17, 15) is 4.79 Å². The Kier molecular flexibility index (Phi) is 4.89. The topological polar surface area (TPSA) is 76.6 Å². The summed E-state index contributed by atoms with van der Waals surface area (Å²) in [7, 11) is 0. The molecular weight excluding hydrogens is 408 g/mol. The number of carbonyl (C=O) groups excluding carboxylic acids is 1. The van der Waals surface area contributed by atoms with E-state index in [-0.39, 0.29) is 5.91 Å². The number of hydrogen-bond donors (Lipinski definition) is 1. The molecule has 0 saturated heterocycles. The van der Waals surface area contributed by atoms with Crippen molar-refractivity contribution in [2.75, 3.05) is 0 Å². The second-order valence-corrected chi connectivity index (χ2v) is 7.81. The number of amides is 1. The van der Waals surface area contributed by atoms with Crippen molar-refractivity contribution in [3.05, 3.63) is 95.4 Å². The van der Waals surface area contributed by atoms with Crippen LogP contribution in [0.2, 0.25) is 0 Å². The van der Waals surface area contributed by atoms with Crippen molar-refractivity contribution >= 4 is 29.1 Å². The highest BCUT2D eigenvalue weighted by molar-refractivity contribution is 7.13. The molecule has 0 radical (unpaired) electrons. The van der Waals surface area contributed by atoms with Gasteiger partial charge in [0.1, 0.15) is 17.0 Å². The van der Waals surface area contributed by atoms with Crippen LogP contribution in [0.4, 0.5) is 0 Å². The summed E-state index contributed by atoms with van der Waals surface area (Å²) >= 11 is 1.60. The highest BCUT2D eigenvalue weighted by Crippen LogP contribution is 2.26. The number of hydrazone groups is 1. The molecule has 0 spiro atoms. The summed E-state index contributed by atoms with van der Waals surface area (Å²) in [6.45, 7) is 1.81. The standard InChI is InChI=1S/C23H18N6OS/c1-16-22(28-12-6-5-11-20(28)25-16)23(30)26-24-14-17-15-29(18-8-3-2-4-9-18)27-21(17)19-10-7-13-31-19/h2-15H,1H3,(H,26,30). The fraction of sp³-hybridized carbons (Fsp3) is 0.0435. The maximum atomic E-state index is 12.8. The normalized spacial score (nSPS) is 11.4. The molecule has 1 N–H and O–H groups in total. The highest BCUT2D eigenvalue weighted by atomic mass is 32.1. The first-order valence-electron chi connectivity index (χ1n) is 9.67. The van der Waals surface area contributed by atoms with Crippen molar-refractivity contribution in [2.24, 2.45) is 5.10 Å². The smallest absolute Gasteiger partial charge is 0.290 e. The number of aryl methyl sites for hydroxylation is 1. The fourth-order valence-electron chi connectivity index (χ4n) is 3.40. The van der Waals surface area contributed by atoms with Gasteiger partial charge in [-0.15, -0.1) is 11.3 Å². The Morgan fingerprint density at radius 1 is 1.10 bits per heavy atom. The third-order valence-corrected chi connectivity index (χ3v) is 5.68. The van der Waals surface area contributed by atoms with E-state index in [1.54, 1.807) is 22.0 Å². The third kappa shape index (κ3) is 3.64. The fourth-order valence-corrected chi connectivity index (χ4v) is 4.13. The van der Waals surface area contributed by atoms with Gasteiger partial charge in [0.25, 0.3) is 5.91 Å². The number of hydrogen-bond acceptors (Lipinski definition) is 5. The SMILES string of the molecule is Cc1nc2ccccn2c1C(=O)NN=Cc1cn(-c2ccccc2)nc1-c1cccs1. The quantitative estimate of drug-likeness (QED) is 0.336. The molecule has 4 heterocycles. The van der Waals surface area contributed by atoms with E-state index in [2.05, 4.69) is 15.5 Å². The number of nitrogens with zero attached hydrogens (tertiary/aromatic N) is 5. The summed E-state index contributed by atoms with van der Waals surface area (Å²) < 4.78 is 3.57. The number of carbonyl (C=O) groups is 1. The first-order valence-corrected chi connectivity index (χ1v) is 10.5. The van der Waals surface area contributed by atoms with E-state index in [4.69, 9.17) is 5.10 Å². The summed E-state index contributed by atoms with van der Waals surface area (Å²) in [6, 6.07) is 19.5. The highest BCUT2D eigenvalue weighted by Gasteiger charge is 2.16. The molecule has 0 aliphatic heterocycles. The van der Waals surface area contributed by atoms with Crippen molar-refractivity contribution in [3.63, 3.8) is 0 Å². The van der Waals surface area contributed by atoms with Crippen LogP contribution in [0.5, 0.6) is 0 Å². The largest absolute Gasteiger partial charge is 0.295 e. The van der Waals surface area contributed by atoms with Crippen molar-refractivity contribution in [2.45, 2.75) is 6.92 Å². The Morgan fingerprint density at radius 3 is 2.74 bits per heavy atom. The number of rotatable bonds is 5. The molecule has 0 saturated carbocycles. The van der Waals surface area contributed by atoms with Gasteiger partial charge in [0.05, 0.1) is 22.5 Å². The molecule has 7 nitrogen and oxygen atoms in total. The zero-order chi connectivity index (χ0) is 21.2. The minimum absolute atomic E-state index is 0.319. The maximum Gasteiger partial charge on any atom is 0.290 e. The van der Waals surface area contributed by atoms with Gasteiger partial charge in [0.2, 0.25) is 0 Å². The lowest BCUT2D eigenvalue weighted by Gasteiger charge is -2.01. The zero-order valence-corrected chi connectivity index (χ0v) is 17.5. The number of thiophene rings is 1. The molecule has 8 heteroatoms. The molecule has 5 aromatic rings. The van der Waals surface area contributed by atoms with Gasteiger partial charge < -0.3 is 0 Å². The molecule has 31 heavy (non-hydrogen) atoms. The van der Waals surface area contributed by atoms with E-state index in [1.165, 1.54) is 0 Å². The number of imidazole rings is 1. The molecule has 0 bridgehead atoms. The van der Waals surface area contributed by atoms with Gasteiger partial charge >= 0.3 is 0 Å². The first kappa shape index (κ1) is 19.0. The first-order chi connectivity index (χ1) is 15.2. The second kappa shape index (κ2) is 8.00. The summed E-state index contributed by atoms with van der Waals surface area (Å²) in [5.41, 5.74) is 7.02. The second-order valence-electron chi connectivity index (χ2n) is 6.86. The van der Waals surface area contributed by atoms with Gasteiger partial charge in [0, 0.05) is 18.0 Å². The van der Waals surface area contributed by atoms with Gasteiger partial charge in [-0.1, -0.05) is 30.3 Å². The molecule has 152 valence electrons. The minimum Gasteiger partial charge on any atom is -0.295 e. The lowest BCUT2D eigenvalue weighted by Crippen LogP contribution is -2.20. The number of pyridine rings is 1. The lowest BCUT2D eigenvalue weighted by molar-refractivity contribution is 0.0948. The van der Waals surface area contributed by atoms with E-state index in [0.717, 1.165) is 27.5 Å². The van der Waals surface area contributed by atoms with Crippen molar-refractivity contribution in [3.8, 4) is 16.3 Å². The van der Waals surface area contributed by atoms with Gasteiger partial charge in [-0.3, -0.25) is 9.20 Å². The molecule has 4 aromatic heterocycles. The molecule has 1 aromatic carbocycles. The van der Waals surface area contributed by atoms with Crippen LogP contribution in [-0.4, -0.2) is 31.3 Å². The van der Waals surface area contributed by atoms with Crippen LogP contribution in [0.3, 0.4) is 0 Å². The average molecular weight is 427 g/mol. The zero-order valence-electron chi connectivity index (χ0n) is 16.6.